The minimum Gasteiger partial charge on any atom is -0.480 e. The second-order valence-electron chi connectivity index (χ2n) is 7.55. The third-order valence-electron chi connectivity index (χ3n) is 4.75. The maximum atomic E-state index is 12.8. The molecule has 0 aromatic carbocycles. The standard InChI is InChI=1S/C19H32N8O6S/c20-4-2-1-3-12(17(30)26-13(19(32)33)6-15(22)28)25-18(31)14(8-34)27-16(29)11(21)5-10-7-23-9-24-10/h7,9,11-14,34H,1-6,8,20-21H2,(H2,22,28)(H,23,24)(H,25,31)(H,26,30)(H,27,29)(H,32,33). The Bertz CT molecular complexity index is 837. The van der Waals surface area contributed by atoms with Gasteiger partial charge in [0.25, 0.3) is 0 Å². The van der Waals surface area contributed by atoms with Crippen LogP contribution in [0.5, 0.6) is 0 Å². The number of unbranched alkanes of at least 4 members (excludes halogenated alkanes) is 1. The van der Waals surface area contributed by atoms with Crippen LogP contribution in [0.3, 0.4) is 0 Å². The van der Waals surface area contributed by atoms with Crippen molar-refractivity contribution in [1.82, 2.24) is 25.9 Å². The maximum Gasteiger partial charge on any atom is 0.326 e. The summed E-state index contributed by atoms with van der Waals surface area (Å²) in [4.78, 5) is 66.9. The highest BCUT2D eigenvalue weighted by Gasteiger charge is 2.30. The Morgan fingerprint density at radius 1 is 1.03 bits per heavy atom. The first-order valence-electron chi connectivity index (χ1n) is 10.5. The van der Waals surface area contributed by atoms with Crippen molar-refractivity contribution < 1.29 is 29.1 Å². The topological polar surface area (TPSA) is 248 Å². The molecule has 0 spiro atoms. The Kier molecular flexibility index (Phi) is 12.6. The summed E-state index contributed by atoms with van der Waals surface area (Å²) in [6.45, 7) is 0.352. The second kappa shape index (κ2) is 14.9. The van der Waals surface area contributed by atoms with Crippen molar-refractivity contribution in [3.05, 3.63) is 18.2 Å². The van der Waals surface area contributed by atoms with Gasteiger partial charge in [-0.15, -0.1) is 0 Å². The number of hydrogen-bond acceptors (Lipinski definition) is 9. The van der Waals surface area contributed by atoms with Crippen LogP contribution >= 0.6 is 12.6 Å². The molecule has 34 heavy (non-hydrogen) atoms. The minimum atomic E-state index is -1.56. The summed E-state index contributed by atoms with van der Waals surface area (Å²) < 4.78 is 0. The summed E-state index contributed by atoms with van der Waals surface area (Å²) in [6.07, 6.45) is 3.65. The molecule has 0 saturated carbocycles. The monoisotopic (exact) mass is 500 g/mol. The number of nitrogens with two attached hydrogens (primary N) is 3. The number of primary amides is 1. The number of carboxylic acid groups (broad SMARTS) is 1. The van der Waals surface area contributed by atoms with Gasteiger partial charge in [-0.1, -0.05) is 0 Å². The van der Waals surface area contributed by atoms with E-state index in [-0.39, 0.29) is 18.6 Å². The van der Waals surface area contributed by atoms with Crippen molar-refractivity contribution >= 4 is 42.2 Å². The normalized spacial score (nSPS) is 14.3. The molecular weight excluding hydrogens is 468 g/mol. The van der Waals surface area contributed by atoms with Gasteiger partial charge in [0.2, 0.25) is 23.6 Å². The van der Waals surface area contributed by atoms with E-state index in [4.69, 9.17) is 17.2 Å². The van der Waals surface area contributed by atoms with Crippen molar-refractivity contribution in [2.24, 2.45) is 17.2 Å². The van der Waals surface area contributed by atoms with Gasteiger partial charge in [0.15, 0.2) is 0 Å². The lowest BCUT2D eigenvalue weighted by Crippen LogP contribution is -2.58. The summed E-state index contributed by atoms with van der Waals surface area (Å²) in [6, 6.07) is -4.79. The van der Waals surface area contributed by atoms with E-state index in [1.54, 1.807) is 0 Å². The van der Waals surface area contributed by atoms with Crippen molar-refractivity contribution in [3.8, 4) is 0 Å². The number of hydrogen-bond donors (Lipinski definition) is 9. The molecule has 4 unspecified atom stereocenters. The molecule has 0 aliphatic carbocycles. The fourth-order valence-electron chi connectivity index (χ4n) is 2.91. The Labute approximate surface area is 201 Å². The molecule has 0 radical (unpaired) electrons. The van der Waals surface area contributed by atoms with Crippen LogP contribution in [0.2, 0.25) is 0 Å². The molecule has 1 heterocycles. The first-order valence-corrected chi connectivity index (χ1v) is 11.2. The lowest BCUT2D eigenvalue weighted by Gasteiger charge is -2.24. The van der Waals surface area contributed by atoms with Gasteiger partial charge < -0.3 is 43.2 Å². The zero-order valence-corrected chi connectivity index (χ0v) is 19.4. The number of rotatable bonds is 16. The van der Waals surface area contributed by atoms with E-state index in [9.17, 15) is 29.1 Å². The minimum absolute atomic E-state index is 0.0923. The molecule has 0 saturated heterocycles. The number of aliphatic carboxylic acids is 1. The van der Waals surface area contributed by atoms with Crippen LogP contribution in [-0.4, -0.2) is 81.1 Å². The predicted molar refractivity (Wildman–Crippen MR) is 124 cm³/mol. The van der Waals surface area contributed by atoms with Crippen molar-refractivity contribution in [3.63, 3.8) is 0 Å². The van der Waals surface area contributed by atoms with Crippen LogP contribution < -0.4 is 33.2 Å². The van der Waals surface area contributed by atoms with Crippen LogP contribution in [0.1, 0.15) is 31.4 Å². The van der Waals surface area contributed by atoms with E-state index in [1.165, 1.54) is 12.5 Å². The van der Waals surface area contributed by atoms with Crippen LogP contribution in [0, 0.1) is 0 Å². The molecule has 0 aliphatic heterocycles. The number of imidazole rings is 1. The third kappa shape index (κ3) is 10.2. The number of aromatic nitrogens is 2. The molecule has 11 N–H and O–H groups in total. The van der Waals surface area contributed by atoms with E-state index in [0.29, 0.717) is 25.1 Å². The fraction of sp³-hybridized carbons (Fsp3) is 0.579. The number of H-pyrrole nitrogens is 1. The van der Waals surface area contributed by atoms with Crippen molar-refractivity contribution in [1.29, 1.82) is 0 Å². The van der Waals surface area contributed by atoms with Gasteiger partial charge >= 0.3 is 5.97 Å². The summed E-state index contributed by atoms with van der Waals surface area (Å²) in [5.41, 5.74) is 17.0. The average molecular weight is 501 g/mol. The van der Waals surface area contributed by atoms with Gasteiger partial charge in [-0.05, 0) is 25.8 Å². The van der Waals surface area contributed by atoms with Gasteiger partial charge in [-0.2, -0.15) is 12.6 Å². The molecule has 14 nitrogen and oxygen atoms in total. The Hall–Kier alpha value is -3.17. The number of carboxylic acids is 1. The van der Waals surface area contributed by atoms with Crippen LogP contribution in [0.15, 0.2) is 12.5 Å². The smallest absolute Gasteiger partial charge is 0.326 e. The summed E-state index contributed by atoms with van der Waals surface area (Å²) in [5.74, 6) is -4.61. The Morgan fingerprint density at radius 3 is 2.18 bits per heavy atom. The number of amides is 4. The zero-order valence-electron chi connectivity index (χ0n) is 18.5. The van der Waals surface area contributed by atoms with Crippen LogP contribution in [-0.2, 0) is 30.4 Å². The Morgan fingerprint density at radius 2 is 1.65 bits per heavy atom. The van der Waals surface area contributed by atoms with Gasteiger partial charge in [0.05, 0.1) is 18.8 Å². The highest BCUT2D eigenvalue weighted by Crippen LogP contribution is 2.05. The summed E-state index contributed by atoms with van der Waals surface area (Å²) in [7, 11) is 0. The number of aromatic amines is 1. The van der Waals surface area contributed by atoms with Gasteiger partial charge in [-0.25, -0.2) is 9.78 Å². The van der Waals surface area contributed by atoms with Crippen LogP contribution in [0.25, 0.3) is 0 Å². The first-order chi connectivity index (χ1) is 16.1. The van der Waals surface area contributed by atoms with E-state index in [1.807, 2.05) is 0 Å². The predicted octanol–water partition coefficient (Wildman–Crippen LogP) is -3.25. The van der Waals surface area contributed by atoms with E-state index < -0.39 is 60.2 Å². The summed E-state index contributed by atoms with van der Waals surface area (Å²) in [5, 5.41) is 16.4. The molecule has 0 bridgehead atoms. The van der Waals surface area contributed by atoms with Gasteiger partial charge in [-0.3, -0.25) is 19.2 Å². The molecule has 4 amide bonds. The van der Waals surface area contributed by atoms with Gasteiger partial charge in [0, 0.05) is 24.1 Å². The quantitative estimate of drug-likeness (QED) is 0.0815. The highest BCUT2D eigenvalue weighted by atomic mass is 32.1. The molecule has 0 aliphatic rings. The number of nitrogens with zero attached hydrogens (tertiary/aromatic N) is 1. The molecule has 1 aromatic heterocycles. The molecule has 4 atom stereocenters. The molecule has 0 fully saturated rings. The first kappa shape index (κ1) is 28.9. The van der Waals surface area contributed by atoms with Crippen molar-refractivity contribution in [2.75, 3.05) is 12.3 Å². The molecule has 15 heteroatoms. The lowest BCUT2D eigenvalue weighted by atomic mass is 10.1. The second-order valence-corrected chi connectivity index (χ2v) is 7.91. The van der Waals surface area contributed by atoms with Crippen molar-refractivity contribution in [2.45, 2.75) is 56.3 Å². The molecule has 190 valence electrons. The van der Waals surface area contributed by atoms with E-state index in [0.717, 1.165) is 0 Å². The average Bonchev–Trinajstić information content (AvgIpc) is 3.28. The van der Waals surface area contributed by atoms with E-state index >= 15 is 0 Å². The lowest BCUT2D eigenvalue weighted by molar-refractivity contribution is -0.143. The fourth-order valence-corrected chi connectivity index (χ4v) is 3.16. The SMILES string of the molecule is NCCCCC(NC(=O)C(CS)NC(=O)C(N)Cc1cnc[nH]1)C(=O)NC(CC(N)=O)C(=O)O. The largest absolute Gasteiger partial charge is 0.480 e. The van der Waals surface area contributed by atoms with Gasteiger partial charge in [0.1, 0.15) is 18.1 Å². The number of thiol groups is 1. The number of nitrogens with one attached hydrogen (secondary N) is 4. The highest BCUT2D eigenvalue weighted by molar-refractivity contribution is 7.80. The molecular formula is C19H32N8O6S. The molecule has 1 aromatic rings. The zero-order chi connectivity index (χ0) is 25.7. The number of carbonyl (C=O) groups is 5. The Balaban J connectivity index is 2.83. The number of carbonyl (C=O) groups excluding carboxylic acids is 4. The van der Waals surface area contributed by atoms with Crippen LogP contribution in [0.4, 0.5) is 0 Å². The third-order valence-corrected chi connectivity index (χ3v) is 5.11. The summed E-state index contributed by atoms with van der Waals surface area (Å²) >= 11 is 4.09. The molecule has 1 rings (SSSR count). The van der Waals surface area contributed by atoms with E-state index in [2.05, 4.69) is 38.5 Å². The maximum absolute atomic E-state index is 12.8.